The maximum Gasteiger partial charge on any atom is 0.295 e. The highest BCUT2D eigenvalue weighted by Crippen LogP contribution is 2.40. The topological polar surface area (TPSA) is 84.7 Å². The molecule has 1 unspecified atom stereocenters. The molecule has 2 aromatic carbocycles. The van der Waals surface area contributed by atoms with Gasteiger partial charge in [-0.15, -0.1) is 0 Å². The van der Waals surface area contributed by atoms with Crippen LogP contribution in [0.25, 0.3) is 5.76 Å². The minimum atomic E-state index is -0.794. The predicted octanol–water partition coefficient (Wildman–Crippen LogP) is 5.10. The highest BCUT2D eigenvalue weighted by atomic mass is 19.1. The molecule has 4 rings (SSSR count). The summed E-state index contributed by atoms with van der Waals surface area (Å²) in [6, 6.07) is 11.7. The van der Waals surface area contributed by atoms with Gasteiger partial charge in [-0.1, -0.05) is 31.9 Å². The first-order chi connectivity index (χ1) is 17.5. The fourth-order valence-corrected chi connectivity index (χ4v) is 4.38. The zero-order valence-corrected chi connectivity index (χ0v) is 20.3. The largest absolute Gasteiger partial charge is 0.507 e. The molecule has 1 aliphatic rings. The number of aliphatic hydroxyl groups is 1. The fraction of sp³-hybridized carbons (Fsp3) is 0.321. The van der Waals surface area contributed by atoms with E-state index in [0.29, 0.717) is 37.4 Å². The van der Waals surface area contributed by atoms with Crippen molar-refractivity contribution in [3.63, 3.8) is 0 Å². The van der Waals surface area contributed by atoms with Gasteiger partial charge in [0.05, 0.1) is 24.5 Å². The zero-order valence-electron chi connectivity index (χ0n) is 20.3. The number of ether oxygens (including phenoxy) is 1. The average Bonchev–Trinajstić information content (AvgIpc) is 3.49. The summed E-state index contributed by atoms with van der Waals surface area (Å²) in [4.78, 5) is 31.8. The molecule has 1 fully saturated rings. The Labute approximate surface area is 209 Å². The van der Waals surface area contributed by atoms with E-state index in [1.54, 1.807) is 12.5 Å². The van der Waals surface area contributed by atoms with Crippen LogP contribution >= 0.6 is 0 Å². The lowest BCUT2D eigenvalue weighted by molar-refractivity contribution is -0.139. The molecule has 1 aliphatic heterocycles. The first kappa shape index (κ1) is 25.2. The number of hydrogen-bond acceptors (Lipinski definition) is 5. The van der Waals surface area contributed by atoms with Crippen LogP contribution in [0.2, 0.25) is 0 Å². The number of carbonyl (C=O) groups excluding carboxylic acids is 2. The van der Waals surface area contributed by atoms with Gasteiger partial charge in [0.15, 0.2) is 0 Å². The molecule has 188 valence electrons. The van der Waals surface area contributed by atoms with E-state index in [-0.39, 0.29) is 16.9 Å². The number of unbranched alkanes of at least 4 members (excludes halogenated alkanes) is 2. The average molecular weight is 492 g/mol. The second-order valence-corrected chi connectivity index (χ2v) is 8.78. The van der Waals surface area contributed by atoms with Gasteiger partial charge in [-0.05, 0) is 54.8 Å². The van der Waals surface area contributed by atoms with E-state index in [0.717, 1.165) is 19.3 Å². The lowest BCUT2D eigenvalue weighted by Gasteiger charge is -2.26. The highest BCUT2D eigenvalue weighted by Gasteiger charge is 2.45. The van der Waals surface area contributed by atoms with E-state index in [2.05, 4.69) is 11.9 Å². The molecule has 8 heteroatoms. The molecule has 0 aliphatic carbocycles. The number of carbonyl (C=O) groups is 2. The number of rotatable bonds is 11. The van der Waals surface area contributed by atoms with Gasteiger partial charge in [0.25, 0.3) is 11.7 Å². The second kappa shape index (κ2) is 11.7. The Hall–Kier alpha value is -3.94. The molecule has 0 spiro atoms. The van der Waals surface area contributed by atoms with Crippen LogP contribution in [-0.2, 0) is 16.1 Å². The van der Waals surface area contributed by atoms with Gasteiger partial charge in [0.1, 0.15) is 17.3 Å². The van der Waals surface area contributed by atoms with Crippen LogP contribution < -0.4 is 4.74 Å². The minimum Gasteiger partial charge on any atom is -0.507 e. The molecule has 0 radical (unpaired) electrons. The third-order valence-corrected chi connectivity index (χ3v) is 6.22. The monoisotopic (exact) mass is 491 g/mol. The van der Waals surface area contributed by atoms with Crippen molar-refractivity contribution in [3.8, 4) is 5.75 Å². The van der Waals surface area contributed by atoms with Crippen LogP contribution in [0.1, 0.15) is 49.8 Å². The van der Waals surface area contributed by atoms with Crippen LogP contribution in [0.15, 0.2) is 72.8 Å². The van der Waals surface area contributed by atoms with Crippen molar-refractivity contribution in [2.45, 2.75) is 45.2 Å². The van der Waals surface area contributed by atoms with Crippen molar-refractivity contribution >= 4 is 17.4 Å². The van der Waals surface area contributed by atoms with E-state index in [4.69, 9.17) is 4.74 Å². The van der Waals surface area contributed by atoms with E-state index < -0.39 is 23.5 Å². The number of nitrogens with zero attached hydrogens (tertiary/aromatic N) is 3. The first-order valence-electron chi connectivity index (χ1n) is 12.2. The predicted molar refractivity (Wildman–Crippen MR) is 134 cm³/mol. The quantitative estimate of drug-likeness (QED) is 0.175. The van der Waals surface area contributed by atoms with Crippen molar-refractivity contribution in [1.29, 1.82) is 0 Å². The molecule has 2 heterocycles. The van der Waals surface area contributed by atoms with E-state index in [1.807, 2.05) is 35.0 Å². The second-order valence-electron chi connectivity index (χ2n) is 8.78. The molecule has 3 aromatic rings. The molecule has 1 saturated heterocycles. The number of benzene rings is 2. The number of ketones is 1. The molecular weight excluding hydrogens is 461 g/mol. The molecule has 0 saturated carbocycles. The van der Waals surface area contributed by atoms with Crippen molar-refractivity contribution < 1.29 is 23.8 Å². The Balaban J connectivity index is 1.68. The number of amides is 1. The van der Waals surface area contributed by atoms with Crippen LogP contribution in [-0.4, -0.2) is 44.4 Å². The third kappa shape index (κ3) is 5.64. The van der Waals surface area contributed by atoms with Crippen LogP contribution in [0, 0.1) is 5.82 Å². The van der Waals surface area contributed by atoms with Crippen LogP contribution in [0.3, 0.4) is 0 Å². The summed E-state index contributed by atoms with van der Waals surface area (Å²) >= 11 is 0. The standard InChI is InChI=1S/C28H30FN3O4/c1-2-3-4-17-36-23-8-5-7-21(18-23)25-24(26(33)20-9-11-22(29)12-10-20)27(34)28(35)32(25)15-6-14-31-16-13-30-19-31/h5,7-13,16,18-19,25,33H,2-4,6,14-15,17H2,1H3/b26-24+. The van der Waals surface area contributed by atoms with Gasteiger partial charge >= 0.3 is 0 Å². The summed E-state index contributed by atoms with van der Waals surface area (Å²) in [5, 5.41) is 11.1. The highest BCUT2D eigenvalue weighted by molar-refractivity contribution is 6.46. The first-order valence-corrected chi connectivity index (χ1v) is 12.2. The van der Waals surface area contributed by atoms with Crippen molar-refractivity contribution in [1.82, 2.24) is 14.5 Å². The summed E-state index contributed by atoms with van der Waals surface area (Å²) in [6.45, 7) is 3.61. The Bertz CT molecular complexity index is 1220. The van der Waals surface area contributed by atoms with E-state index in [9.17, 15) is 19.1 Å². The third-order valence-electron chi connectivity index (χ3n) is 6.22. The number of aryl methyl sites for hydroxylation is 1. The molecule has 1 atom stereocenters. The minimum absolute atomic E-state index is 0.0163. The molecule has 1 amide bonds. The van der Waals surface area contributed by atoms with Gasteiger partial charge in [-0.2, -0.15) is 0 Å². The lowest BCUT2D eigenvalue weighted by Crippen LogP contribution is -2.31. The molecule has 1 N–H and O–H groups in total. The van der Waals surface area contributed by atoms with Gasteiger partial charge in [0.2, 0.25) is 0 Å². The number of halogens is 1. The maximum atomic E-state index is 13.5. The lowest BCUT2D eigenvalue weighted by atomic mass is 9.95. The number of Topliss-reactive ketones (excluding diaryl/α,β-unsaturated/α-hetero) is 1. The molecule has 7 nitrogen and oxygen atoms in total. The normalized spacial score (nSPS) is 17.1. The van der Waals surface area contributed by atoms with Gasteiger partial charge in [0, 0.05) is 31.0 Å². The summed E-state index contributed by atoms with van der Waals surface area (Å²) in [6.07, 6.45) is 8.87. The SMILES string of the molecule is CCCCCOc1cccc(C2/C(=C(\O)c3ccc(F)cc3)C(=O)C(=O)N2CCCn2ccnc2)c1. The number of imidazole rings is 1. The van der Waals surface area contributed by atoms with Gasteiger partial charge < -0.3 is 19.3 Å². The number of aromatic nitrogens is 2. The Kier molecular flexibility index (Phi) is 8.15. The van der Waals surface area contributed by atoms with Crippen LogP contribution in [0.5, 0.6) is 5.75 Å². The van der Waals surface area contributed by atoms with Crippen molar-refractivity contribution in [2.75, 3.05) is 13.2 Å². The number of hydrogen-bond donors (Lipinski definition) is 1. The Morgan fingerprint density at radius 3 is 2.61 bits per heavy atom. The maximum absolute atomic E-state index is 13.5. The van der Waals surface area contributed by atoms with Crippen LogP contribution in [0.4, 0.5) is 4.39 Å². The summed E-state index contributed by atoms with van der Waals surface area (Å²) in [5.41, 5.74) is 0.913. The zero-order chi connectivity index (χ0) is 25.5. The van der Waals surface area contributed by atoms with E-state index >= 15 is 0 Å². The molecule has 36 heavy (non-hydrogen) atoms. The summed E-state index contributed by atoms with van der Waals surface area (Å²) < 4.78 is 21.3. The number of likely N-dealkylation sites (tertiary alicyclic amines) is 1. The molecule has 0 bridgehead atoms. The molecule has 1 aromatic heterocycles. The van der Waals surface area contributed by atoms with Gasteiger partial charge in [-0.25, -0.2) is 9.37 Å². The van der Waals surface area contributed by atoms with Crippen molar-refractivity contribution in [2.24, 2.45) is 0 Å². The van der Waals surface area contributed by atoms with Crippen molar-refractivity contribution in [3.05, 3.63) is 89.8 Å². The van der Waals surface area contributed by atoms with E-state index in [1.165, 1.54) is 29.2 Å². The summed E-state index contributed by atoms with van der Waals surface area (Å²) in [7, 11) is 0. The molecular formula is C28H30FN3O4. The fourth-order valence-electron chi connectivity index (χ4n) is 4.38. The van der Waals surface area contributed by atoms with Gasteiger partial charge in [-0.3, -0.25) is 9.59 Å². The Morgan fingerprint density at radius 1 is 1.08 bits per heavy atom. The smallest absolute Gasteiger partial charge is 0.295 e. The summed E-state index contributed by atoms with van der Waals surface area (Å²) in [5.74, 6) is -1.60. The Morgan fingerprint density at radius 2 is 1.89 bits per heavy atom. The number of aliphatic hydroxyl groups excluding tert-OH is 1.